The maximum atomic E-state index is 10.9. The second-order valence-electron chi connectivity index (χ2n) is 2.93. The van der Waals surface area contributed by atoms with Crippen LogP contribution in [0.5, 0.6) is 0 Å². The number of thiol groups is 1. The number of aliphatic imine (C=N–C) groups is 1. The summed E-state index contributed by atoms with van der Waals surface area (Å²) < 4.78 is 0. The molecule has 0 saturated heterocycles. The van der Waals surface area contributed by atoms with Gasteiger partial charge in [-0.3, -0.25) is 9.79 Å². The van der Waals surface area contributed by atoms with Gasteiger partial charge in [-0.1, -0.05) is 6.08 Å². The van der Waals surface area contributed by atoms with Crippen molar-refractivity contribution in [1.29, 1.82) is 0 Å². The van der Waals surface area contributed by atoms with Crippen molar-refractivity contribution in [2.75, 3.05) is 19.1 Å². The smallest absolute Gasteiger partial charge is 0.153 e. The number of rotatable bonds is 6. The van der Waals surface area contributed by atoms with Crippen molar-refractivity contribution in [2.24, 2.45) is 4.99 Å². The highest BCUT2D eigenvalue weighted by Gasteiger charge is 2.00. The van der Waals surface area contributed by atoms with Crippen LogP contribution >= 0.6 is 24.4 Å². The van der Waals surface area contributed by atoms with Gasteiger partial charge in [-0.15, -0.1) is 11.8 Å². The van der Waals surface area contributed by atoms with E-state index in [1.165, 1.54) is 0 Å². The first kappa shape index (κ1) is 15.3. The van der Waals surface area contributed by atoms with Crippen LogP contribution in [0.2, 0.25) is 0 Å². The molecule has 0 bridgehead atoms. The van der Waals surface area contributed by atoms with Gasteiger partial charge in [0.1, 0.15) is 0 Å². The third kappa shape index (κ3) is 6.02. The van der Waals surface area contributed by atoms with Crippen LogP contribution < -0.4 is 5.32 Å². The lowest BCUT2D eigenvalue weighted by Crippen LogP contribution is -2.09. The highest BCUT2D eigenvalue weighted by atomic mass is 32.2. The van der Waals surface area contributed by atoms with E-state index in [0.717, 1.165) is 29.2 Å². The lowest BCUT2D eigenvalue weighted by molar-refractivity contribution is -0.104. The molecule has 0 aliphatic carbocycles. The third-order valence-electron chi connectivity index (χ3n) is 1.87. The molecule has 1 N–H and O–H groups in total. The average molecular weight is 258 g/mol. The number of likely N-dealkylation sites (N-methyl/N-ethyl adjacent to an activating group) is 1. The molecule has 0 aliphatic rings. The number of carbonyl (C=O) groups excluding carboxylic acids is 1. The molecule has 0 rings (SSSR count). The summed E-state index contributed by atoms with van der Waals surface area (Å²) in [6.45, 7) is 1.90. The maximum absolute atomic E-state index is 10.9. The molecule has 90 valence electrons. The predicted octanol–water partition coefficient (Wildman–Crippen LogP) is 2.27. The molecular weight excluding hydrogens is 240 g/mol. The van der Waals surface area contributed by atoms with Crippen molar-refractivity contribution in [3.63, 3.8) is 0 Å². The highest BCUT2D eigenvalue weighted by Crippen LogP contribution is 2.07. The fourth-order valence-corrected chi connectivity index (χ4v) is 1.24. The molecule has 0 unspecified atom stereocenters. The standard InChI is InChI=1S/C11H18N2OS2/c1-9(16-3)13-7-10(8-14)11(12-2)5-4-6-15/h5,7-8,12,15H,4,6H2,1-3H3/b10-7-,11-5-,13-9?. The Kier molecular flexibility index (Phi) is 9.13. The molecule has 0 radical (unpaired) electrons. The number of nitrogens with one attached hydrogen (secondary N) is 1. The molecule has 0 heterocycles. The zero-order chi connectivity index (χ0) is 12.4. The van der Waals surface area contributed by atoms with Gasteiger partial charge in [-0.05, 0) is 25.4 Å². The minimum Gasteiger partial charge on any atom is -0.388 e. The first-order chi connectivity index (χ1) is 7.69. The quantitative estimate of drug-likeness (QED) is 0.192. The van der Waals surface area contributed by atoms with E-state index in [9.17, 15) is 4.79 Å². The molecular formula is C11H18N2OS2. The molecule has 0 aromatic heterocycles. The van der Waals surface area contributed by atoms with Crippen LogP contribution in [0.25, 0.3) is 0 Å². The maximum Gasteiger partial charge on any atom is 0.153 e. The second-order valence-corrected chi connectivity index (χ2v) is 4.38. The molecule has 0 spiro atoms. The average Bonchev–Trinajstić information content (AvgIpc) is 2.32. The normalized spacial score (nSPS) is 13.9. The lowest BCUT2D eigenvalue weighted by Gasteiger charge is -2.05. The van der Waals surface area contributed by atoms with E-state index in [0.29, 0.717) is 5.57 Å². The molecule has 0 fully saturated rings. The summed E-state index contributed by atoms with van der Waals surface area (Å²) in [5.41, 5.74) is 1.35. The van der Waals surface area contributed by atoms with Crippen molar-refractivity contribution in [3.05, 3.63) is 23.5 Å². The summed E-state index contributed by atoms with van der Waals surface area (Å²) in [6, 6.07) is 0. The van der Waals surface area contributed by atoms with E-state index < -0.39 is 0 Å². The first-order valence-electron chi connectivity index (χ1n) is 4.92. The van der Waals surface area contributed by atoms with Crippen molar-refractivity contribution in [3.8, 4) is 0 Å². The Balaban J connectivity index is 4.87. The number of carbonyl (C=O) groups is 1. The van der Waals surface area contributed by atoms with E-state index in [1.54, 1.807) is 25.0 Å². The fourth-order valence-electron chi connectivity index (χ4n) is 0.950. The second kappa shape index (κ2) is 9.54. The van der Waals surface area contributed by atoms with Crippen LogP contribution in [0.3, 0.4) is 0 Å². The number of hydrogen-bond donors (Lipinski definition) is 2. The summed E-state index contributed by atoms with van der Waals surface area (Å²) >= 11 is 5.67. The third-order valence-corrected chi connectivity index (χ3v) is 2.82. The Morgan fingerprint density at radius 3 is 2.69 bits per heavy atom. The number of hydrogen-bond acceptors (Lipinski definition) is 5. The van der Waals surface area contributed by atoms with Crippen molar-refractivity contribution >= 4 is 35.7 Å². The van der Waals surface area contributed by atoms with E-state index in [1.807, 2.05) is 19.3 Å². The Hall–Kier alpha value is -0.680. The monoisotopic (exact) mass is 258 g/mol. The van der Waals surface area contributed by atoms with Gasteiger partial charge in [0.25, 0.3) is 0 Å². The molecule has 0 saturated carbocycles. The fraction of sp³-hybridized carbons (Fsp3) is 0.455. The highest BCUT2D eigenvalue weighted by molar-refractivity contribution is 8.13. The molecule has 0 aliphatic heterocycles. The zero-order valence-corrected chi connectivity index (χ0v) is 11.6. The number of allylic oxidation sites excluding steroid dienone is 2. The summed E-state index contributed by atoms with van der Waals surface area (Å²) in [7, 11) is 1.78. The lowest BCUT2D eigenvalue weighted by atomic mass is 10.2. The molecule has 5 heteroatoms. The van der Waals surface area contributed by atoms with Crippen LogP contribution in [-0.4, -0.2) is 30.4 Å². The summed E-state index contributed by atoms with van der Waals surface area (Å²) in [5.74, 6) is 0.754. The van der Waals surface area contributed by atoms with Crippen LogP contribution in [0.1, 0.15) is 13.3 Å². The molecule has 0 atom stereocenters. The Bertz CT molecular complexity index is 309. The Morgan fingerprint density at radius 1 is 1.56 bits per heavy atom. The van der Waals surface area contributed by atoms with E-state index in [-0.39, 0.29) is 0 Å². The van der Waals surface area contributed by atoms with Gasteiger partial charge in [0.05, 0.1) is 10.6 Å². The molecule has 3 nitrogen and oxygen atoms in total. The molecule has 0 amide bonds. The summed E-state index contributed by atoms with van der Waals surface area (Å²) in [5, 5.41) is 3.90. The Morgan fingerprint density at radius 2 is 2.25 bits per heavy atom. The van der Waals surface area contributed by atoms with E-state index in [4.69, 9.17) is 0 Å². The van der Waals surface area contributed by atoms with Gasteiger partial charge in [0.15, 0.2) is 6.29 Å². The van der Waals surface area contributed by atoms with Crippen LogP contribution in [0, 0.1) is 0 Å². The topological polar surface area (TPSA) is 41.5 Å². The van der Waals surface area contributed by atoms with Crippen molar-refractivity contribution in [2.45, 2.75) is 13.3 Å². The number of nitrogens with zero attached hydrogens (tertiary/aromatic N) is 1. The van der Waals surface area contributed by atoms with Crippen LogP contribution in [-0.2, 0) is 4.79 Å². The van der Waals surface area contributed by atoms with Crippen molar-refractivity contribution < 1.29 is 4.79 Å². The zero-order valence-electron chi connectivity index (χ0n) is 9.86. The molecule has 16 heavy (non-hydrogen) atoms. The van der Waals surface area contributed by atoms with Gasteiger partial charge < -0.3 is 5.32 Å². The van der Waals surface area contributed by atoms with Gasteiger partial charge >= 0.3 is 0 Å². The van der Waals surface area contributed by atoms with Gasteiger partial charge in [-0.25, -0.2) is 0 Å². The predicted molar refractivity (Wildman–Crippen MR) is 76.4 cm³/mol. The van der Waals surface area contributed by atoms with Crippen molar-refractivity contribution in [1.82, 2.24) is 5.32 Å². The van der Waals surface area contributed by atoms with Gasteiger partial charge in [0, 0.05) is 18.9 Å². The minimum atomic E-state index is 0.553. The van der Waals surface area contributed by atoms with Crippen LogP contribution in [0.15, 0.2) is 28.5 Å². The summed E-state index contributed by atoms with van der Waals surface area (Å²) in [4.78, 5) is 15.1. The SMILES string of the molecule is CNC(=C\CCS)/C(C=O)=C\N=C(C)SC. The van der Waals surface area contributed by atoms with Crippen LogP contribution in [0.4, 0.5) is 0 Å². The van der Waals surface area contributed by atoms with Gasteiger partial charge in [-0.2, -0.15) is 12.6 Å². The van der Waals surface area contributed by atoms with E-state index >= 15 is 0 Å². The molecule has 0 aromatic rings. The summed E-state index contributed by atoms with van der Waals surface area (Å²) in [6.07, 6.45) is 7.09. The van der Waals surface area contributed by atoms with Gasteiger partial charge in [0.2, 0.25) is 0 Å². The number of thioether (sulfide) groups is 1. The van der Waals surface area contributed by atoms with E-state index in [2.05, 4.69) is 22.9 Å². The largest absolute Gasteiger partial charge is 0.388 e. The number of aldehydes is 1. The first-order valence-corrected chi connectivity index (χ1v) is 6.78. The minimum absolute atomic E-state index is 0.553. The molecule has 0 aromatic carbocycles. The Labute approximate surface area is 107 Å².